The highest BCUT2D eigenvalue weighted by molar-refractivity contribution is 5.73. The van der Waals surface area contributed by atoms with Crippen LogP contribution < -0.4 is 0 Å². The highest BCUT2D eigenvalue weighted by atomic mass is 16.2. The minimum Gasteiger partial charge on any atom is -0.340 e. The van der Waals surface area contributed by atoms with Crippen LogP contribution in [0.5, 0.6) is 0 Å². The summed E-state index contributed by atoms with van der Waals surface area (Å²) >= 11 is 0. The molecule has 84 valence electrons. The number of nitrogens with zero attached hydrogens (tertiary/aromatic N) is 2. The molecule has 1 heterocycles. The molecule has 0 atom stereocenters. The maximum Gasteiger partial charge on any atom is 0.219 e. The van der Waals surface area contributed by atoms with Gasteiger partial charge in [0.2, 0.25) is 5.91 Å². The first-order valence-electron chi connectivity index (χ1n) is 5.61. The van der Waals surface area contributed by atoms with Crippen LogP contribution in [0.2, 0.25) is 0 Å². The van der Waals surface area contributed by atoms with E-state index in [1.54, 1.807) is 6.92 Å². The molecule has 0 saturated carbocycles. The Morgan fingerprint density at radius 2 is 1.50 bits per heavy atom. The Balaban J connectivity index is 0.000000791. The third-order valence-corrected chi connectivity index (χ3v) is 2.49. The molecule has 3 heteroatoms. The average Bonchev–Trinajstić information content (AvgIpc) is 2.21. The Bertz CT molecular complexity index is 161. The lowest BCUT2D eigenvalue weighted by Gasteiger charge is -2.36. The summed E-state index contributed by atoms with van der Waals surface area (Å²) in [4.78, 5) is 15.3. The molecule has 0 N–H and O–H groups in total. The first kappa shape index (κ1) is 13.4. The molecular weight excluding hydrogens is 176 g/mol. The molecule has 1 fully saturated rings. The number of rotatable bonds is 1. The normalized spacial score (nSPS) is 17.7. The van der Waals surface area contributed by atoms with Gasteiger partial charge in [-0.15, -0.1) is 0 Å². The minimum atomic E-state index is 0.207. The quantitative estimate of drug-likeness (QED) is 0.641. The van der Waals surface area contributed by atoms with Gasteiger partial charge in [-0.05, 0) is 13.8 Å². The molecule has 0 spiro atoms. The first-order chi connectivity index (χ1) is 6.61. The van der Waals surface area contributed by atoms with Crippen molar-refractivity contribution >= 4 is 5.91 Å². The van der Waals surface area contributed by atoms with Gasteiger partial charge < -0.3 is 4.90 Å². The lowest BCUT2D eigenvalue weighted by Crippen LogP contribution is -2.50. The number of hydrogen-bond donors (Lipinski definition) is 0. The van der Waals surface area contributed by atoms with E-state index in [4.69, 9.17) is 0 Å². The maximum atomic E-state index is 11.0. The van der Waals surface area contributed by atoms with Crippen molar-refractivity contribution in [2.24, 2.45) is 0 Å². The van der Waals surface area contributed by atoms with Crippen LogP contribution >= 0.6 is 0 Å². The van der Waals surface area contributed by atoms with Gasteiger partial charge in [-0.25, -0.2) is 0 Å². The first-order valence-corrected chi connectivity index (χ1v) is 5.61. The minimum absolute atomic E-state index is 0.207. The summed E-state index contributed by atoms with van der Waals surface area (Å²) in [6, 6.07) is 0.610. The number of hydrogen-bond acceptors (Lipinski definition) is 2. The van der Waals surface area contributed by atoms with Gasteiger partial charge in [0, 0.05) is 39.1 Å². The van der Waals surface area contributed by atoms with Gasteiger partial charge in [-0.1, -0.05) is 13.8 Å². The Hall–Kier alpha value is -0.570. The van der Waals surface area contributed by atoms with Crippen LogP contribution in [0, 0.1) is 0 Å². The van der Waals surface area contributed by atoms with Gasteiger partial charge in [0.15, 0.2) is 0 Å². The Morgan fingerprint density at radius 3 is 1.79 bits per heavy atom. The predicted molar refractivity (Wildman–Crippen MR) is 60.3 cm³/mol. The van der Waals surface area contributed by atoms with Crippen LogP contribution in [0.1, 0.15) is 34.6 Å². The Labute approximate surface area is 88.1 Å². The average molecular weight is 200 g/mol. The molecule has 1 rings (SSSR count). The molecule has 14 heavy (non-hydrogen) atoms. The smallest absolute Gasteiger partial charge is 0.219 e. The van der Waals surface area contributed by atoms with Gasteiger partial charge in [0.05, 0.1) is 0 Å². The molecule has 1 aliphatic heterocycles. The largest absolute Gasteiger partial charge is 0.340 e. The second-order valence-electron chi connectivity index (χ2n) is 3.64. The predicted octanol–water partition coefficient (Wildman–Crippen LogP) is 1.59. The van der Waals surface area contributed by atoms with Crippen molar-refractivity contribution in [3.05, 3.63) is 0 Å². The van der Waals surface area contributed by atoms with Crippen molar-refractivity contribution in [2.45, 2.75) is 40.7 Å². The van der Waals surface area contributed by atoms with E-state index in [0.29, 0.717) is 6.04 Å². The highest BCUT2D eigenvalue weighted by Gasteiger charge is 2.19. The Kier molecular flexibility index (Phi) is 6.54. The SMILES string of the molecule is CC.CC(=O)N1CCN(C(C)C)CC1. The number of amides is 1. The van der Waals surface area contributed by atoms with Crippen LogP contribution in [0.25, 0.3) is 0 Å². The van der Waals surface area contributed by atoms with Crippen molar-refractivity contribution in [2.75, 3.05) is 26.2 Å². The zero-order valence-electron chi connectivity index (χ0n) is 10.2. The number of carbonyl (C=O) groups is 1. The second-order valence-corrected chi connectivity index (χ2v) is 3.64. The molecule has 0 aromatic carbocycles. The fraction of sp³-hybridized carbons (Fsp3) is 0.909. The summed E-state index contributed by atoms with van der Waals surface area (Å²) in [5.41, 5.74) is 0. The van der Waals surface area contributed by atoms with Gasteiger partial charge in [-0.3, -0.25) is 9.69 Å². The van der Waals surface area contributed by atoms with Crippen LogP contribution in [0.15, 0.2) is 0 Å². The lowest BCUT2D eigenvalue weighted by atomic mass is 10.2. The van der Waals surface area contributed by atoms with Gasteiger partial charge in [-0.2, -0.15) is 0 Å². The van der Waals surface area contributed by atoms with Crippen molar-refractivity contribution in [1.29, 1.82) is 0 Å². The highest BCUT2D eigenvalue weighted by Crippen LogP contribution is 2.05. The zero-order valence-corrected chi connectivity index (χ0v) is 10.2. The van der Waals surface area contributed by atoms with Crippen LogP contribution in [0.3, 0.4) is 0 Å². The van der Waals surface area contributed by atoms with E-state index in [0.717, 1.165) is 26.2 Å². The second kappa shape index (κ2) is 6.82. The van der Waals surface area contributed by atoms with Crippen LogP contribution in [-0.2, 0) is 4.79 Å². The van der Waals surface area contributed by atoms with Crippen molar-refractivity contribution in [3.8, 4) is 0 Å². The van der Waals surface area contributed by atoms with Crippen molar-refractivity contribution in [3.63, 3.8) is 0 Å². The molecule has 0 bridgehead atoms. The summed E-state index contributed by atoms with van der Waals surface area (Å²) < 4.78 is 0. The zero-order chi connectivity index (χ0) is 11.1. The third-order valence-electron chi connectivity index (χ3n) is 2.49. The standard InChI is InChI=1S/C9H18N2O.C2H6/c1-8(2)10-4-6-11(7-5-10)9(3)12;1-2/h8H,4-7H2,1-3H3;1-2H3. The molecular formula is C11H24N2O. The molecule has 0 unspecified atom stereocenters. The summed E-state index contributed by atoms with van der Waals surface area (Å²) in [5.74, 6) is 0.207. The van der Waals surface area contributed by atoms with E-state index in [-0.39, 0.29) is 5.91 Å². The number of piperazine rings is 1. The van der Waals surface area contributed by atoms with E-state index in [2.05, 4.69) is 18.7 Å². The van der Waals surface area contributed by atoms with Crippen LogP contribution in [0.4, 0.5) is 0 Å². The molecule has 0 aliphatic carbocycles. The molecule has 3 nitrogen and oxygen atoms in total. The summed E-state index contributed by atoms with van der Waals surface area (Å²) in [6.07, 6.45) is 0. The Morgan fingerprint density at radius 1 is 1.07 bits per heavy atom. The molecule has 0 aromatic heterocycles. The fourth-order valence-electron chi connectivity index (χ4n) is 1.55. The van der Waals surface area contributed by atoms with E-state index in [1.807, 2.05) is 18.7 Å². The number of carbonyl (C=O) groups excluding carboxylic acids is 1. The van der Waals surface area contributed by atoms with E-state index >= 15 is 0 Å². The maximum absolute atomic E-state index is 11.0. The van der Waals surface area contributed by atoms with Crippen molar-refractivity contribution in [1.82, 2.24) is 9.80 Å². The van der Waals surface area contributed by atoms with Gasteiger partial charge in [0.25, 0.3) is 0 Å². The molecule has 1 aliphatic rings. The van der Waals surface area contributed by atoms with Gasteiger partial charge >= 0.3 is 0 Å². The van der Waals surface area contributed by atoms with Crippen LogP contribution in [-0.4, -0.2) is 47.9 Å². The van der Waals surface area contributed by atoms with E-state index in [9.17, 15) is 4.79 Å². The third kappa shape index (κ3) is 4.09. The lowest BCUT2D eigenvalue weighted by molar-refractivity contribution is -0.130. The molecule has 1 saturated heterocycles. The summed E-state index contributed by atoms with van der Waals surface area (Å²) in [7, 11) is 0. The summed E-state index contributed by atoms with van der Waals surface area (Å²) in [6.45, 7) is 13.9. The van der Waals surface area contributed by atoms with E-state index < -0.39 is 0 Å². The molecule has 1 amide bonds. The van der Waals surface area contributed by atoms with Crippen molar-refractivity contribution < 1.29 is 4.79 Å². The monoisotopic (exact) mass is 200 g/mol. The summed E-state index contributed by atoms with van der Waals surface area (Å²) in [5, 5.41) is 0. The van der Waals surface area contributed by atoms with E-state index in [1.165, 1.54) is 0 Å². The van der Waals surface area contributed by atoms with Gasteiger partial charge in [0.1, 0.15) is 0 Å². The molecule has 0 radical (unpaired) electrons. The fourth-order valence-corrected chi connectivity index (χ4v) is 1.55. The molecule has 0 aromatic rings. The topological polar surface area (TPSA) is 23.6 Å².